The molecule has 1 saturated heterocycles. The molecule has 0 aromatic rings. The Balaban J connectivity index is 2.29. The first-order chi connectivity index (χ1) is 25.8. The molecule has 0 saturated carbocycles. The maximum absolute atomic E-state index is 12.9. The van der Waals surface area contributed by atoms with Crippen molar-refractivity contribution >= 4 is 5.91 Å². The van der Waals surface area contributed by atoms with Crippen molar-refractivity contribution in [2.75, 3.05) is 13.2 Å². The van der Waals surface area contributed by atoms with Crippen LogP contribution in [0.3, 0.4) is 0 Å². The zero-order chi connectivity index (χ0) is 38.8. The van der Waals surface area contributed by atoms with Gasteiger partial charge in [0.05, 0.1) is 25.4 Å². The molecule has 53 heavy (non-hydrogen) atoms. The van der Waals surface area contributed by atoms with Crippen LogP contribution in [0, 0.1) is 0 Å². The van der Waals surface area contributed by atoms with Crippen LogP contribution >= 0.6 is 0 Å². The maximum Gasteiger partial charge on any atom is 0.220 e. The first-order valence-electron chi connectivity index (χ1n) is 22.4. The van der Waals surface area contributed by atoms with Crippen LogP contribution in [0.5, 0.6) is 0 Å². The molecule has 0 bridgehead atoms. The molecule has 0 aromatic heterocycles. The second-order valence-electron chi connectivity index (χ2n) is 15.8. The Morgan fingerprint density at radius 1 is 0.623 bits per heavy atom. The molecule has 7 unspecified atom stereocenters. The van der Waals surface area contributed by atoms with Crippen molar-refractivity contribution in [3.05, 3.63) is 12.2 Å². The van der Waals surface area contributed by atoms with E-state index in [1.807, 2.05) is 0 Å². The predicted molar refractivity (Wildman–Crippen MR) is 217 cm³/mol. The minimum absolute atomic E-state index is 0.139. The topological polar surface area (TPSA) is 149 Å². The number of unbranched alkanes of at least 4 members (excludes halogenated alkanes) is 25. The highest BCUT2D eigenvalue weighted by Crippen LogP contribution is 2.23. The molecule has 314 valence electrons. The Hall–Kier alpha value is -1.07. The van der Waals surface area contributed by atoms with Crippen molar-refractivity contribution in [3.8, 4) is 0 Å². The zero-order valence-electron chi connectivity index (χ0n) is 34.3. The lowest BCUT2D eigenvalue weighted by Crippen LogP contribution is -2.60. The van der Waals surface area contributed by atoms with Crippen molar-refractivity contribution in [1.29, 1.82) is 0 Å². The number of nitrogens with one attached hydrogen (secondary N) is 1. The fourth-order valence-electron chi connectivity index (χ4n) is 7.22. The highest BCUT2D eigenvalue weighted by molar-refractivity contribution is 5.76. The van der Waals surface area contributed by atoms with E-state index in [0.717, 1.165) is 64.2 Å². The smallest absolute Gasteiger partial charge is 0.220 e. The van der Waals surface area contributed by atoms with E-state index in [9.17, 15) is 30.3 Å². The van der Waals surface area contributed by atoms with Crippen LogP contribution in [0.25, 0.3) is 0 Å². The molecular weight excluding hydrogens is 670 g/mol. The number of aliphatic hydroxyl groups is 5. The average Bonchev–Trinajstić information content (AvgIpc) is 3.16. The van der Waals surface area contributed by atoms with E-state index in [-0.39, 0.29) is 12.5 Å². The molecule has 0 spiro atoms. The third-order valence-corrected chi connectivity index (χ3v) is 10.8. The Morgan fingerprint density at radius 3 is 1.60 bits per heavy atom. The van der Waals surface area contributed by atoms with Gasteiger partial charge in [-0.25, -0.2) is 0 Å². The van der Waals surface area contributed by atoms with E-state index in [1.165, 1.54) is 116 Å². The fourth-order valence-corrected chi connectivity index (χ4v) is 7.22. The van der Waals surface area contributed by atoms with Gasteiger partial charge in [-0.15, -0.1) is 0 Å². The maximum atomic E-state index is 12.9. The SMILES string of the molecule is CCC/C=C\CCCCCCCC(=O)NC(COC1OC(CO)C(O)C(O)C1O)C(O)CCCCCCCCCCCCCCCCCCCCCC. The van der Waals surface area contributed by atoms with Crippen LogP contribution in [0.4, 0.5) is 0 Å². The summed E-state index contributed by atoms with van der Waals surface area (Å²) < 4.78 is 11.2. The number of ether oxygens (including phenoxy) is 2. The Labute approximate surface area is 325 Å². The van der Waals surface area contributed by atoms with Crippen molar-refractivity contribution in [3.63, 3.8) is 0 Å². The van der Waals surface area contributed by atoms with Crippen molar-refractivity contribution in [2.24, 2.45) is 0 Å². The number of amides is 1. The first-order valence-corrected chi connectivity index (χ1v) is 22.4. The van der Waals surface area contributed by atoms with Gasteiger partial charge in [0.15, 0.2) is 6.29 Å². The Kier molecular flexibility index (Phi) is 33.3. The van der Waals surface area contributed by atoms with Crippen LogP contribution in [0.1, 0.15) is 206 Å². The summed E-state index contributed by atoms with van der Waals surface area (Å²) in [5.74, 6) is -0.155. The molecule has 1 fully saturated rings. The van der Waals surface area contributed by atoms with Crippen molar-refractivity contribution in [1.82, 2.24) is 5.32 Å². The van der Waals surface area contributed by atoms with E-state index in [2.05, 4.69) is 31.3 Å². The Bertz CT molecular complexity index is 842. The van der Waals surface area contributed by atoms with Gasteiger partial charge in [0, 0.05) is 6.42 Å². The monoisotopic (exact) mass is 756 g/mol. The first kappa shape index (κ1) is 49.9. The van der Waals surface area contributed by atoms with Gasteiger partial charge in [0.25, 0.3) is 0 Å². The van der Waals surface area contributed by atoms with Gasteiger partial charge in [-0.05, 0) is 32.1 Å². The van der Waals surface area contributed by atoms with Gasteiger partial charge in [0.2, 0.25) is 5.91 Å². The highest BCUT2D eigenvalue weighted by Gasteiger charge is 2.44. The minimum Gasteiger partial charge on any atom is -0.394 e. The van der Waals surface area contributed by atoms with Crippen LogP contribution in [-0.4, -0.2) is 87.5 Å². The number of carbonyl (C=O) groups excluding carboxylic acids is 1. The largest absolute Gasteiger partial charge is 0.394 e. The molecule has 1 heterocycles. The third-order valence-electron chi connectivity index (χ3n) is 10.8. The molecule has 0 aromatic carbocycles. The van der Waals surface area contributed by atoms with Gasteiger partial charge >= 0.3 is 0 Å². The van der Waals surface area contributed by atoms with Crippen LogP contribution in [0.15, 0.2) is 12.2 Å². The highest BCUT2D eigenvalue weighted by atomic mass is 16.7. The van der Waals surface area contributed by atoms with Gasteiger partial charge < -0.3 is 40.3 Å². The number of aliphatic hydroxyl groups excluding tert-OH is 5. The molecular formula is C44H85NO8. The normalized spacial score (nSPS) is 21.7. The molecule has 0 aliphatic carbocycles. The molecule has 6 N–H and O–H groups in total. The van der Waals surface area contributed by atoms with Gasteiger partial charge in [-0.3, -0.25) is 4.79 Å². The number of rotatable bonds is 37. The van der Waals surface area contributed by atoms with E-state index < -0.39 is 49.5 Å². The second kappa shape index (κ2) is 35.4. The molecule has 1 aliphatic rings. The summed E-state index contributed by atoms with van der Waals surface area (Å²) in [7, 11) is 0. The van der Waals surface area contributed by atoms with E-state index in [1.54, 1.807) is 0 Å². The quantitative estimate of drug-likeness (QED) is 0.0272. The van der Waals surface area contributed by atoms with Gasteiger partial charge in [-0.2, -0.15) is 0 Å². The molecule has 1 amide bonds. The van der Waals surface area contributed by atoms with E-state index in [4.69, 9.17) is 9.47 Å². The zero-order valence-corrected chi connectivity index (χ0v) is 34.3. The third kappa shape index (κ3) is 26.4. The van der Waals surface area contributed by atoms with Crippen LogP contribution < -0.4 is 5.32 Å². The van der Waals surface area contributed by atoms with Crippen molar-refractivity contribution in [2.45, 2.75) is 249 Å². The van der Waals surface area contributed by atoms with Crippen LogP contribution in [-0.2, 0) is 14.3 Å². The molecule has 1 rings (SSSR count). The fraction of sp³-hybridized carbons (Fsp3) is 0.932. The van der Waals surface area contributed by atoms with Crippen LogP contribution in [0.2, 0.25) is 0 Å². The number of hydrogen-bond acceptors (Lipinski definition) is 8. The van der Waals surface area contributed by atoms with Gasteiger partial charge in [0.1, 0.15) is 24.4 Å². The number of allylic oxidation sites excluding steroid dienone is 2. The predicted octanol–water partition coefficient (Wildman–Crippen LogP) is 8.95. The lowest BCUT2D eigenvalue weighted by Gasteiger charge is -2.40. The second-order valence-corrected chi connectivity index (χ2v) is 15.8. The molecule has 0 radical (unpaired) electrons. The molecule has 1 aliphatic heterocycles. The summed E-state index contributed by atoms with van der Waals surface area (Å²) in [6, 6.07) is -0.718. The molecule has 9 heteroatoms. The number of hydrogen-bond donors (Lipinski definition) is 6. The Morgan fingerprint density at radius 2 is 1.09 bits per heavy atom. The summed E-state index contributed by atoms with van der Waals surface area (Å²) in [6.45, 7) is 3.77. The lowest BCUT2D eigenvalue weighted by atomic mass is 9.99. The average molecular weight is 756 g/mol. The minimum atomic E-state index is -1.55. The summed E-state index contributed by atoms with van der Waals surface area (Å²) in [5, 5.41) is 54.2. The molecule has 7 atom stereocenters. The molecule has 9 nitrogen and oxygen atoms in total. The lowest BCUT2D eigenvalue weighted by molar-refractivity contribution is -0.302. The summed E-state index contributed by atoms with van der Waals surface area (Å²) in [4.78, 5) is 12.9. The van der Waals surface area contributed by atoms with E-state index in [0.29, 0.717) is 12.8 Å². The summed E-state index contributed by atoms with van der Waals surface area (Å²) in [5.41, 5.74) is 0. The summed E-state index contributed by atoms with van der Waals surface area (Å²) >= 11 is 0. The van der Waals surface area contributed by atoms with Crippen molar-refractivity contribution < 1.29 is 39.8 Å². The van der Waals surface area contributed by atoms with E-state index >= 15 is 0 Å². The summed E-state index contributed by atoms with van der Waals surface area (Å²) in [6.07, 6.45) is 32.3. The van der Waals surface area contributed by atoms with Gasteiger partial charge in [-0.1, -0.05) is 180 Å². The standard InChI is InChI=1S/C44H85NO8/c1-3-5-7-9-11-13-15-16-17-18-19-20-21-22-23-24-25-27-29-31-33-38(47)37(36-52-44-43(51)42(50)41(49)39(35-46)53-44)45-40(48)34-32-30-28-26-14-12-10-8-6-4-2/h8,10,37-39,41-44,46-47,49-51H,3-7,9,11-36H2,1-2H3,(H,45,48)/b10-8-. The number of carbonyl (C=O) groups is 1.